The highest BCUT2D eigenvalue weighted by Crippen LogP contribution is 2.37. The van der Waals surface area contributed by atoms with Crippen molar-refractivity contribution < 1.29 is 4.74 Å². The van der Waals surface area contributed by atoms with Crippen LogP contribution in [0.25, 0.3) is 44.4 Å². The van der Waals surface area contributed by atoms with E-state index in [1.165, 1.54) is 64.2 Å². The number of nitrogens with zero attached hydrogens (tertiary/aromatic N) is 4. The minimum absolute atomic E-state index is 0.654. The Balaban J connectivity index is 1.26. The monoisotopic (exact) mass is 660 g/mol. The third-order valence-corrected chi connectivity index (χ3v) is 9.82. The van der Waals surface area contributed by atoms with Crippen LogP contribution in [0.3, 0.4) is 0 Å². The molecule has 0 amide bonds. The molecular weight excluding hydrogens is 613 g/mol. The first-order valence-electron chi connectivity index (χ1n) is 18.3. The lowest BCUT2D eigenvalue weighted by atomic mass is 10.0. The number of aryl methyl sites for hydroxylation is 3. The molecule has 7 rings (SSSR count). The lowest BCUT2D eigenvalue weighted by molar-refractivity contribution is 0.482. The zero-order chi connectivity index (χ0) is 34.6. The highest BCUT2D eigenvalue weighted by Gasteiger charge is 2.17. The Morgan fingerprint density at radius 1 is 0.700 bits per heavy atom. The van der Waals surface area contributed by atoms with Gasteiger partial charge in [0.05, 0.1) is 22.4 Å². The van der Waals surface area contributed by atoms with Gasteiger partial charge in [-0.05, 0) is 111 Å². The fourth-order valence-corrected chi connectivity index (χ4v) is 7.19. The lowest BCUT2D eigenvalue weighted by Crippen LogP contribution is -2.00. The summed E-state index contributed by atoms with van der Waals surface area (Å²) < 4.78 is 10.9. The number of hydrogen-bond donors (Lipinski definition) is 0. The van der Waals surface area contributed by atoms with E-state index in [0.717, 1.165) is 59.2 Å². The fourth-order valence-electron chi connectivity index (χ4n) is 7.19. The van der Waals surface area contributed by atoms with Crippen LogP contribution in [0.4, 0.5) is 0 Å². The molecule has 0 unspecified atom stereocenters. The average molecular weight is 661 g/mol. The number of aromatic nitrogens is 4. The molecule has 254 valence electrons. The molecule has 50 heavy (non-hydrogen) atoms. The van der Waals surface area contributed by atoms with E-state index in [1.807, 2.05) is 29.1 Å². The summed E-state index contributed by atoms with van der Waals surface area (Å²) in [4.78, 5) is 4.91. The normalized spacial score (nSPS) is 11.6. The minimum Gasteiger partial charge on any atom is -0.457 e. The SMILES string of the molecule is CCCCCCc1ccc2c(c1)c1ccc(Oc3cccc(-n4nc(C)c(-c5ccccc5)c4C)c3)cc1n2-c1cc(CCC(C)C)ccn1. The van der Waals surface area contributed by atoms with Gasteiger partial charge in [0.2, 0.25) is 0 Å². The molecule has 0 atom stereocenters. The zero-order valence-corrected chi connectivity index (χ0v) is 30.1. The molecule has 4 aromatic carbocycles. The van der Waals surface area contributed by atoms with Crippen molar-refractivity contribution in [2.75, 3.05) is 0 Å². The molecule has 7 aromatic rings. The molecule has 5 nitrogen and oxygen atoms in total. The molecule has 0 saturated heterocycles. The van der Waals surface area contributed by atoms with E-state index >= 15 is 0 Å². The summed E-state index contributed by atoms with van der Waals surface area (Å²) in [5.41, 5.74) is 10.4. The molecule has 3 aromatic heterocycles. The van der Waals surface area contributed by atoms with Crippen LogP contribution in [0.15, 0.2) is 109 Å². The van der Waals surface area contributed by atoms with Gasteiger partial charge in [-0.25, -0.2) is 9.67 Å². The van der Waals surface area contributed by atoms with Crippen LogP contribution in [0.1, 0.15) is 75.4 Å². The first kappa shape index (κ1) is 33.3. The van der Waals surface area contributed by atoms with E-state index in [9.17, 15) is 0 Å². The fraction of sp³-hybridized carbons (Fsp3) is 0.289. The van der Waals surface area contributed by atoms with Crippen LogP contribution in [0, 0.1) is 19.8 Å². The van der Waals surface area contributed by atoms with Crippen molar-refractivity contribution in [3.8, 4) is 34.1 Å². The smallest absolute Gasteiger partial charge is 0.137 e. The highest BCUT2D eigenvalue weighted by molar-refractivity contribution is 6.09. The van der Waals surface area contributed by atoms with Crippen molar-refractivity contribution in [3.05, 3.63) is 132 Å². The molecule has 0 bridgehead atoms. The van der Waals surface area contributed by atoms with E-state index < -0.39 is 0 Å². The van der Waals surface area contributed by atoms with Crippen LogP contribution < -0.4 is 4.74 Å². The van der Waals surface area contributed by atoms with Crippen molar-refractivity contribution in [2.24, 2.45) is 5.92 Å². The van der Waals surface area contributed by atoms with Gasteiger partial charge in [0.1, 0.15) is 17.3 Å². The second-order valence-electron chi connectivity index (χ2n) is 14.1. The van der Waals surface area contributed by atoms with E-state index in [2.05, 4.69) is 124 Å². The molecule has 0 spiro atoms. The number of ether oxygens (including phenoxy) is 1. The number of unbranched alkanes of at least 4 members (excludes halogenated alkanes) is 3. The lowest BCUT2D eigenvalue weighted by Gasteiger charge is -2.12. The first-order chi connectivity index (χ1) is 24.4. The van der Waals surface area contributed by atoms with Crippen molar-refractivity contribution in [1.82, 2.24) is 19.3 Å². The number of hydrogen-bond acceptors (Lipinski definition) is 3. The number of pyridine rings is 1. The summed E-state index contributed by atoms with van der Waals surface area (Å²) >= 11 is 0. The molecule has 0 aliphatic heterocycles. The van der Waals surface area contributed by atoms with E-state index in [4.69, 9.17) is 14.8 Å². The Kier molecular flexibility index (Phi) is 9.84. The molecule has 0 saturated carbocycles. The predicted molar refractivity (Wildman–Crippen MR) is 208 cm³/mol. The van der Waals surface area contributed by atoms with Crippen molar-refractivity contribution in [2.45, 2.75) is 79.6 Å². The average Bonchev–Trinajstić information content (AvgIpc) is 3.61. The Bertz CT molecular complexity index is 2240. The second-order valence-corrected chi connectivity index (χ2v) is 14.1. The number of fused-ring (bicyclic) bond motifs is 3. The number of benzene rings is 4. The summed E-state index contributed by atoms with van der Waals surface area (Å²) in [5, 5.41) is 7.40. The van der Waals surface area contributed by atoms with Crippen molar-refractivity contribution in [1.29, 1.82) is 0 Å². The molecule has 5 heteroatoms. The molecule has 3 heterocycles. The molecule has 0 fully saturated rings. The van der Waals surface area contributed by atoms with Gasteiger partial charge in [-0.1, -0.05) is 82.5 Å². The quantitative estimate of drug-likeness (QED) is 0.116. The summed E-state index contributed by atoms with van der Waals surface area (Å²) in [6, 6.07) is 36.5. The summed E-state index contributed by atoms with van der Waals surface area (Å²) in [6.45, 7) is 11.0. The summed E-state index contributed by atoms with van der Waals surface area (Å²) in [7, 11) is 0. The predicted octanol–water partition coefficient (Wildman–Crippen LogP) is 12.2. The standard InChI is InChI=1S/C45H48N4O/c1-6-7-8-10-14-34-21-24-42-41(27-34)40-23-22-39(30-43(40)48(42)44-28-35(25-26-46-44)20-19-31(2)3)50-38-18-13-17-37(29-38)49-33(5)45(32(4)47-49)36-15-11-9-12-16-36/h9,11-13,15-18,21-31H,6-8,10,14,19-20H2,1-5H3. The van der Waals surface area contributed by atoms with Gasteiger partial charge < -0.3 is 4.74 Å². The molecular formula is C45H48N4O. The third-order valence-electron chi connectivity index (χ3n) is 9.82. The molecule has 0 aliphatic carbocycles. The first-order valence-corrected chi connectivity index (χ1v) is 18.3. The summed E-state index contributed by atoms with van der Waals surface area (Å²) in [5.74, 6) is 3.15. The van der Waals surface area contributed by atoms with Crippen LogP contribution in [0.5, 0.6) is 11.5 Å². The van der Waals surface area contributed by atoms with Gasteiger partial charge in [-0.3, -0.25) is 4.57 Å². The largest absolute Gasteiger partial charge is 0.457 e. The van der Waals surface area contributed by atoms with Crippen LogP contribution >= 0.6 is 0 Å². The van der Waals surface area contributed by atoms with E-state index in [-0.39, 0.29) is 0 Å². The Hall–Kier alpha value is -5.16. The van der Waals surface area contributed by atoms with Gasteiger partial charge >= 0.3 is 0 Å². The highest BCUT2D eigenvalue weighted by atomic mass is 16.5. The Labute approximate surface area is 296 Å². The van der Waals surface area contributed by atoms with Crippen LogP contribution in [-0.4, -0.2) is 19.3 Å². The molecule has 0 radical (unpaired) electrons. The maximum Gasteiger partial charge on any atom is 0.137 e. The van der Waals surface area contributed by atoms with Crippen LogP contribution in [0.2, 0.25) is 0 Å². The van der Waals surface area contributed by atoms with Gasteiger partial charge in [0.15, 0.2) is 0 Å². The zero-order valence-electron chi connectivity index (χ0n) is 30.1. The van der Waals surface area contributed by atoms with Gasteiger partial charge in [0, 0.05) is 40.4 Å². The Morgan fingerprint density at radius 2 is 1.52 bits per heavy atom. The number of rotatable bonds is 13. The van der Waals surface area contributed by atoms with Crippen molar-refractivity contribution in [3.63, 3.8) is 0 Å². The molecule has 0 aliphatic rings. The maximum atomic E-state index is 6.61. The third kappa shape index (κ3) is 6.96. The topological polar surface area (TPSA) is 44.9 Å². The minimum atomic E-state index is 0.654. The van der Waals surface area contributed by atoms with E-state index in [1.54, 1.807) is 0 Å². The Morgan fingerprint density at radius 3 is 2.34 bits per heavy atom. The van der Waals surface area contributed by atoms with Gasteiger partial charge in [-0.2, -0.15) is 5.10 Å². The summed E-state index contributed by atoms with van der Waals surface area (Å²) in [6.07, 6.45) is 10.3. The van der Waals surface area contributed by atoms with Gasteiger partial charge in [-0.15, -0.1) is 0 Å². The van der Waals surface area contributed by atoms with Gasteiger partial charge in [0.25, 0.3) is 0 Å². The van der Waals surface area contributed by atoms with Crippen LogP contribution in [-0.2, 0) is 12.8 Å². The van der Waals surface area contributed by atoms with E-state index in [0.29, 0.717) is 5.92 Å². The second kappa shape index (κ2) is 14.8. The van der Waals surface area contributed by atoms with Crippen molar-refractivity contribution >= 4 is 21.8 Å². The molecule has 0 N–H and O–H groups in total. The maximum absolute atomic E-state index is 6.61.